The average Bonchev–Trinajstić information content (AvgIpc) is 2.84. The number of benzene rings is 1. The van der Waals surface area contributed by atoms with Gasteiger partial charge in [0.15, 0.2) is 5.78 Å². The van der Waals surface area contributed by atoms with Gasteiger partial charge in [-0.15, -0.1) is 11.3 Å². The first kappa shape index (κ1) is 11.6. The van der Waals surface area contributed by atoms with Gasteiger partial charge in [0.1, 0.15) is 0 Å². The maximum absolute atomic E-state index is 12.5. The zero-order chi connectivity index (χ0) is 12.5. The first-order chi connectivity index (χ1) is 8.75. The van der Waals surface area contributed by atoms with Crippen LogP contribution in [-0.2, 0) is 6.54 Å². The van der Waals surface area contributed by atoms with Crippen molar-refractivity contribution in [3.05, 3.63) is 57.3 Å². The maximum atomic E-state index is 12.5. The summed E-state index contributed by atoms with van der Waals surface area (Å²) >= 11 is 1.64. The van der Waals surface area contributed by atoms with Gasteiger partial charge in [-0.1, -0.05) is 24.3 Å². The molecule has 92 valence electrons. The number of carbonyl (C=O) groups is 1. The van der Waals surface area contributed by atoms with Gasteiger partial charge in [0, 0.05) is 28.9 Å². The molecule has 0 saturated carbocycles. The van der Waals surface area contributed by atoms with Crippen molar-refractivity contribution in [1.82, 2.24) is 5.32 Å². The van der Waals surface area contributed by atoms with E-state index in [1.54, 1.807) is 11.3 Å². The fourth-order valence-electron chi connectivity index (χ4n) is 2.50. The van der Waals surface area contributed by atoms with E-state index >= 15 is 0 Å². The molecule has 1 unspecified atom stereocenters. The lowest BCUT2D eigenvalue weighted by atomic mass is 9.86. The number of thiophene rings is 1. The third-order valence-corrected chi connectivity index (χ3v) is 4.29. The molecule has 0 aliphatic carbocycles. The van der Waals surface area contributed by atoms with Gasteiger partial charge >= 0.3 is 0 Å². The highest BCUT2D eigenvalue weighted by atomic mass is 32.1. The molecule has 2 heterocycles. The Bertz CT molecular complexity index is 588. The van der Waals surface area contributed by atoms with Crippen LogP contribution in [0.4, 0.5) is 0 Å². The topological polar surface area (TPSA) is 29.1 Å². The van der Waals surface area contributed by atoms with Crippen LogP contribution >= 0.6 is 11.3 Å². The maximum Gasteiger partial charge on any atom is 0.172 e. The van der Waals surface area contributed by atoms with E-state index < -0.39 is 0 Å². The quantitative estimate of drug-likeness (QED) is 0.837. The summed E-state index contributed by atoms with van der Waals surface area (Å²) in [4.78, 5) is 13.7. The number of hydrogen-bond donors (Lipinski definition) is 1. The van der Waals surface area contributed by atoms with Gasteiger partial charge in [-0.25, -0.2) is 0 Å². The predicted octanol–water partition coefficient (Wildman–Crippen LogP) is 3.13. The van der Waals surface area contributed by atoms with Gasteiger partial charge in [-0.05, 0) is 24.1 Å². The second-order valence-electron chi connectivity index (χ2n) is 4.69. The Balaban J connectivity index is 1.96. The number of carbonyl (C=O) groups excluding carboxylic acids is 1. The van der Waals surface area contributed by atoms with Crippen LogP contribution in [0, 0.1) is 6.92 Å². The highest BCUT2D eigenvalue weighted by Crippen LogP contribution is 2.28. The normalized spacial score (nSPS) is 18.4. The standard InChI is InChI=1S/C15H15NOS/c1-10-6-12(9-18-10)15(17)14-8-16-7-11-4-2-3-5-13(11)14/h2-6,9,14,16H,7-8H2,1H3. The molecule has 0 fully saturated rings. The Kier molecular flexibility index (Phi) is 3.02. The summed E-state index contributed by atoms with van der Waals surface area (Å²) < 4.78 is 0. The number of rotatable bonds is 2. The number of nitrogens with one attached hydrogen (secondary N) is 1. The monoisotopic (exact) mass is 257 g/mol. The third-order valence-electron chi connectivity index (χ3n) is 3.43. The van der Waals surface area contributed by atoms with E-state index in [2.05, 4.69) is 17.4 Å². The van der Waals surface area contributed by atoms with Crippen molar-refractivity contribution < 1.29 is 4.79 Å². The number of fused-ring (bicyclic) bond motifs is 1. The molecule has 2 nitrogen and oxygen atoms in total. The average molecular weight is 257 g/mol. The molecule has 0 bridgehead atoms. The first-order valence-electron chi connectivity index (χ1n) is 6.13. The van der Waals surface area contributed by atoms with Crippen molar-refractivity contribution in [2.45, 2.75) is 19.4 Å². The number of aryl methyl sites for hydroxylation is 1. The molecule has 1 aromatic heterocycles. The van der Waals surface area contributed by atoms with E-state index in [1.165, 1.54) is 16.0 Å². The number of hydrogen-bond acceptors (Lipinski definition) is 3. The molecular weight excluding hydrogens is 242 g/mol. The van der Waals surface area contributed by atoms with Crippen LogP contribution in [0.3, 0.4) is 0 Å². The molecule has 0 radical (unpaired) electrons. The number of ketones is 1. The van der Waals surface area contributed by atoms with Gasteiger partial charge in [0.25, 0.3) is 0 Å². The van der Waals surface area contributed by atoms with Crippen molar-refractivity contribution >= 4 is 17.1 Å². The van der Waals surface area contributed by atoms with Crippen LogP contribution in [0.2, 0.25) is 0 Å². The minimum atomic E-state index is -0.0380. The highest BCUT2D eigenvalue weighted by Gasteiger charge is 2.27. The minimum absolute atomic E-state index is 0.0380. The van der Waals surface area contributed by atoms with Crippen molar-refractivity contribution in [1.29, 1.82) is 0 Å². The lowest BCUT2D eigenvalue weighted by Gasteiger charge is -2.25. The van der Waals surface area contributed by atoms with Gasteiger partial charge in [0.2, 0.25) is 0 Å². The van der Waals surface area contributed by atoms with Crippen LogP contribution in [0.15, 0.2) is 35.7 Å². The van der Waals surface area contributed by atoms with Gasteiger partial charge in [-0.3, -0.25) is 4.79 Å². The molecule has 1 atom stereocenters. The predicted molar refractivity (Wildman–Crippen MR) is 74.3 cm³/mol. The van der Waals surface area contributed by atoms with Crippen molar-refractivity contribution in [3.8, 4) is 0 Å². The first-order valence-corrected chi connectivity index (χ1v) is 7.01. The summed E-state index contributed by atoms with van der Waals surface area (Å²) in [6.45, 7) is 3.64. The molecule has 1 aliphatic rings. The molecule has 3 rings (SSSR count). The molecule has 1 N–H and O–H groups in total. The van der Waals surface area contributed by atoms with E-state index in [-0.39, 0.29) is 11.7 Å². The summed E-state index contributed by atoms with van der Waals surface area (Å²) in [7, 11) is 0. The second kappa shape index (κ2) is 4.67. The van der Waals surface area contributed by atoms with Gasteiger partial charge in [0.05, 0.1) is 5.92 Å². The molecule has 0 spiro atoms. The summed E-state index contributed by atoms with van der Waals surface area (Å²) in [6, 6.07) is 10.2. The highest BCUT2D eigenvalue weighted by molar-refractivity contribution is 7.10. The Hall–Kier alpha value is -1.45. The Labute approximate surface area is 111 Å². The number of Topliss-reactive ketones (excluding diaryl/α,β-unsaturated/α-hetero) is 1. The van der Waals surface area contributed by atoms with E-state index in [1.807, 2.05) is 30.5 Å². The van der Waals surface area contributed by atoms with Crippen LogP contribution in [0.1, 0.15) is 32.3 Å². The smallest absolute Gasteiger partial charge is 0.172 e. The summed E-state index contributed by atoms with van der Waals surface area (Å²) in [5, 5.41) is 5.30. The zero-order valence-electron chi connectivity index (χ0n) is 10.3. The molecule has 0 saturated heterocycles. The fraction of sp³-hybridized carbons (Fsp3) is 0.267. The molecule has 2 aromatic rings. The summed E-state index contributed by atoms with van der Waals surface area (Å²) in [6.07, 6.45) is 0. The van der Waals surface area contributed by atoms with E-state index in [0.717, 1.165) is 18.7 Å². The second-order valence-corrected chi connectivity index (χ2v) is 5.81. The van der Waals surface area contributed by atoms with Crippen molar-refractivity contribution in [2.75, 3.05) is 6.54 Å². The van der Waals surface area contributed by atoms with E-state index in [0.29, 0.717) is 0 Å². The lowest BCUT2D eigenvalue weighted by Crippen LogP contribution is -2.32. The third kappa shape index (κ3) is 2.00. The lowest BCUT2D eigenvalue weighted by molar-refractivity contribution is 0.0955. The van der Waals surface area contributed by atoms with Crippen molar-refractivity contribution in [2.24, 2.45) is 0 Å². The molecule has 1 aliphatic heterocycles. The largest absolute Gasteiger partial charge is 0.312 e. The van der Waals surface area contributed by atoms with Crippen LogP contribution in [0.5, 0.6) is 0 Å². The Morgan fingerprint density at radius 2 is 2.22 bits per heavy atom. The molecule has 3 heteroatoms. The Morgan fingerprint density at radius 1 is 1.39 bits per heavy atom. The SMILES string of the molecule is Cc1cc(C(=O)C2CNCc3ccccc32)cs1. The van der Waals surface area contributed by atoms with E-state index in [9.17, 15) is 4.79 Å². The molecule has 18 heavy (non-hydrogen) atoms. The van der Waals surface area contributed by atoms with Gasteiger partial charge < -0.3 is 5.32 Å². The van der Waals surface area contributed by atoms with Crippen molar-refractivity contribution in [3.63, 3.8) is 0 Å². The molecule has 0 amide bonds. The molecule has 1 aromatic carbocycles. The van der Waals surface area contributed by atoms with E-state index in [4.69, 9.17) is 0 Å². The Morgan fingerprint density at radius 3 is 3.00 bits per heavy atom. The van der Waals surface area contributed by atoms with Crippen LogP contribution in [0.25, 0.3) is 0 Å². The van der Waals surface area contributed by atoms with Gasteiger partial charge in [-0.2, -0.15) is 0 Å². The summed E-state index contributed by atoms with van der Waals surface area (Å²) in [5.74, 6) is 0.197. The zero-order valence-corrected chi connectivity index (χ0v) is 11.1. The van der Waals surface area contributed by atoms with Crippen LogP contribution < -0.4 is 5.32 Å². The fourth-order valence-corrected chi connectivity index (χ4v) is 3.20. The molecular formula is C15H15NOS. The minimum Gasteiger partial charge on any atom is -0.312 e. The summed E-state index contributed by atoms with van der Waals surface area (Å²) in [5.41, 5.74) is 3.28. The van der Waals surface area contributed by atoms with Crippen LogP contribution in [-0.4, -0.2) is 12.3 Å².